The molecule has 0 fully saturated rings. The number of carbonyl (C=O) groups is 1. The first-order valence-corrected chi connectivity index (χ1v) is 7.87. The molecule has 1 atom stereocenters. The molecule has 1 unspecified atom stereocenters. The molecule has 1 aliphatic carbocycles. The number of hydrogen-bond acceptors (Lipinski definition) is 2. The van der Waals surface area contributed by atoms with Gasteiger partial charge in [-0.2, -0.15) is 0 Å². The molecule has 0 spiro atoms. The maximum atomic E-state index is 11.9. The van der Waals surface area contributed by atoms with Crippen LogP contribution in [0.15, 0.2) is 12.4 Å². The lowest BCUT2D eigenvalue weighted by molar-refractivity contribution is -0.121. The molecular formula is C16H27N3O. The molecule has 0 saturated carbocycles. The van der Waals surface area contributed by atoms with Crippen molar-refractivity contribution in [3.05, 3.63) is 23.5 Å². The molecule has 0 saturated heterocycles. The maximum absolute atomic E-state index is 11.9. The second-order valence-electron chi connectivity index (χ2n) is 5.70. The van der Waals surface area contributed by atoms with Gasteiger partial charge in [0.05, 0.1) is 0 Å². The molecule has 112 valence electrons. The Morgan fingerprint density at radius 1 is 1.40 bits per heavy atom. The van der Waals surface area contributed by atoms with Crippen LogP contribution in [-0.2, 0) is 17.8 Å². The predicted molar refractivity (Wildman–Crippen MR) is 81.7 cm³/mol. The lowest BCUT2D eigenvalue weighted by Crippen LogP contribution is -2.28. The van der Waals surface area contributed by atoms with Crippen molar-refractivity contribution in [2.75, 3.05) is 13.6 Å². The molecule has 1 aromatic rings. The van der Waals surface area contributed by atoms with Gasteiger partial charge in [0.25, 0.3) is 0 Å². The summed E-state index contributed by atoms with van der Waals surface area (Å²) in [5.41, 5.74) is 2.79. The fraction of sp³-hybridized carbons (Fsp3) is 0.688. The Balaban J connectivity index is 1.98. The zero-order chi connectivity index (χ0) is 14.4. The third kappa shape index (κ3) is 3.85. The first kappa shape index (κ1) is 15.1. The molecule has 4 heteroatoms. The summed E-state index contributed by atoms with van der Waals surface area (Å²) in [6.07, 6.45) is 11.3. The van der Waals surface area contributed by atoms with Gasteiger partial charge in [0.1, 0.15) is 6.54 Å². The molecular weight excluding hydrogens is 250 g/mol. The summed E-state index contributed by atoms with van der Waals surface area (Å²) < 4.78 is 2.04. The minimum absolute atomic E-state index is 0.115. The monoisotopic (exact) mass is 277 g/mol. The first-order valence-electron chi connectivity index (χ1n) is 7.87. The van der Waals surface area contributed by atoms with E-state index in [0.29, 0.717) is 12.6 Å². The third-order valence-corrected chi connectivity index (χ3v) is 4.09. The van der Waals surface area contributed by atoms with E-state index in [1.807, 2.05) is 11.6 Å². The Morgan fingerprint density at radius 2 is 2.25 bits per heavy atom. The number of hydrogen-bond donors (Lipinski definition) is 2. The van der Waals surface area contributed by atoms with Crippen molar-refractivity contribution >= 4 is 5.91 Å². The van der Waals surface area contributed by atoms with Crippen molar-refractivity contribution < 1.29 is 4.79 Å². The van der Waals surface area contributed by atoms with Crippen LogP contribution in [0, 0.1) is 0 Å². The zero-order valence-corrected chi connectivity index (χ0v) is 12.7. The highest BCUT2D eigenvalue weighted by Gasteiger charge is 2.19. The summed E-state index contributed by atoms with van der Waals surface area (Å²) in [4.78, 5) is 11.9. The topological polar surface area (TPSA) is 46.1 Å². The van der Waals surface area contributed by atoms with Gasteiger partial charge in [0, 0.05) is 25.0 Å². The summed E-state index contributed by atoms with van der Waals surface area (Å²) in [5.74, 6) is 0.115. The average Bonchev–Trinajstić information content (AvgIpc) is 2.72. The fourth-order valence-corrected chi connectivity index (χ4v) is 2.93. The third-order valence-electron chi connectivity index (χ3n) is 4.09. The number of nitrogens with one attached hydrogen (secondary N) is 2. The van der Waals surface area contributed by atoms with Crippen LogP contribution < -0.4 is 10.6 Å². The van der Waals surface area contributed by atoms with Crippen LogP contribution in [-0.4, -0.2) is 24.1 Å². The van der Waals surface area contributed by atoms with Gasteiger partial charge < -0.3 is 15.2 Å². The number of rotatable bonds is 6. The number of aromatic nitrogens is 1. The molecule has 4 nitrogen and oxygen atoms in total. The van der Waals surface area contributed by atoms with E-state index in [0.717, 1.165) is 25.8 Å². The first-order chi connectivity index (χ1) is 9.74. The molecule has 0 aromatic carbocycles. The zero-order valence-electron chi connectivity index (χ0n) is 12.7. The predicted octanol–water partition coefficient (Wildman–Crippen LogP) is 2.39. The second kappa shape index (κ2) is 7.48. The fourth-order valence-electron chi connectivity index (χ4n) is 2.93. The second-order valence-corrected chi connectivity index (χ2v) is 5.70. The van der Waals surface area contributed by atoms with Crippen LogP contribution in [0.3, 0.4) is 0 Å². The van der Waals surface area contributed by atoms with E-state index in [1.165, 1.54) is 30.4 Å². The van der Waals surface area contributed by atoms with Gasteiger partial charge in [-0.1, -0.05) is 19.8 Å². The Kier molecular flexibility index (Phi) is 5.65. The van der Waals surface area contributed by atoms with E-state index in [2.05, 4.69) is 30.0 Å². The van der Waals surface area contributed by atoms with E-state index < -0.39 is 0 Å². The van der Waals surface area contributed by atoms with Gasteiger partial charge in [-0.05, 0) is 43.9 Å². The summed E-state index contributed by atoms with van der Waals surface area (Å²) in [5, 5.41) is 6.37. The number of aryl methyl sites for hydroxylation is 1. The summed E-state index contributed by atoms with van der Waals surface area (Å²) in [6.45, 7) is 3.36. The van der Waals surface area contributed by atoms with E-state index in [9.17, 15) is 4.79 Å². The van der Waals surface area contributed by atoms with Crippen molar-refractivity contribution in [2.24, 2.45) is 0 Å². The van der Waals surface area contributed by atoms with E-state index in [1.54, 1.807) is 0 Å². The highest BCUT2D eigenvalue weighted by atomic mass is 16.1. The van der Waals surface area contributed by atoms with E-state index in [-0.39, 0.29) is 5.91 Å². The molecule has 1 amide bonds. The quantitative estimate of drug-likeness (QED) is 0.619. The highest BCUT2D eigenvalue weighted by Crippen LogP contribution is 2.29. The van der Waals surface area contributed by atoms with Gasteiger partial charge in [0.15, 0.2) is 0 Å². The molecule has 0 aliphatic heterocycles. The smallest absolute Gasteiger partial charge is 0.239 e. The van der Waals surface area contributed by atoms with Crippen molar-refractivity contribution in [1.29, 1.82) is 0 Å². The minimum Gasteiger partial charge on any atom is -0.355 e. The molecule has 0 radical (unpaired) electrons. The standard InChI is InChI=1S/C16H27N3O/c1-3-4-9-18-16(20)12-19-10-13-7-5-6-8-15(17-2)14(13)11-19/h10-11,15,17H,3-9,12H2,1-2H3,(H,18,20). The SMILES string of the molecule is CCCCNC(=O)Cn1cc2c(c1)C(NC)CCCC2. The Hall–Kier alpha value is -1.29. The van der Waals surface area contributed by atoms with Gasteiger partial charge in [-0.15, -0.1) is 0 Å². The number of unbranched alkanes of at least 4 members (excludes halogenated alkanes) is 1. The average molecular weight is 277 g/mol. The molecule has 0 bridgehead atoms. The van der Waals surface area contributed by atoms with Crippen LogP contribution in [0.25, 0.3) is 0 Å². The largest absolute Gasteiger partial charge is 0.355 e. The van der Waals surface area contributed by atoms with Crippen molar-refractivity contribution in [2.45, 2.75) is 58.0 Å². The van der Waals surface area contributed by atoms with Crippen LogP contribution in [0.4, 0.5) is 0 Å². The summed E-state index contributed by atoms with van der Waals surface area (Å²) in [6, 6.07) is 0.442. The van der Waals surface area contributed by atoms with Crippen LogP contribution >= 0.6 is 0 Å². The summed E-state index contributed by atoms with van der Waals surface area (Å²) >= 11 is 0. The normalized spacial score (nSPS) is 18.4. The van der Waals surface area contributed by atoms with Crippen LogP contribution in [0.1, 0.15) is 56.2 Å². The molecule has 1 aliphatic rings. The minimum atomic E-state index is 0.115. The van der Waals surface area contributed by atoms with Gasteiger partial charge in [-0.25, -0.2) is 0 Å². The van der Waals surface area contributed by atoms with E-state index in [4.69, 9.17) is 0 Å². The van der Waals surface area contributed by atoms with Gasteiger partial charge in [-0.3, -0.25) is 4.79 Å². The number of carbonyl (C=O) groups excluding carboxylic acids is 1. The van der Waals surface area contributed by atoms with Crippen LogP contribution in [0.2, 0.25) is 0 Å². The Morgan fingerprint density at radius 3 is 3.00 bits per heavy atom. The van der Waals surface area contributed by atoms with Crippen LogP contribution in [0.5, 0.6) is 0 Å². The lowest BCUT2D eigenvalue weighted by Gasteiger charge is -2.13. The lowest BCUT2D eigenvalue weighted by atomic mass is 10.1. The number of fused-ring (bicyclic) bond motifs is 1. The Labute approximate surface area is 121 Å². The number of nitrogens with zero attached hydrogens (tertiary/aromatic N) is 1. The van der Waals surface area contributed by atoms with Gasteiger partial charge in [0.2, 0.25) is 5.91 Å². The van der Waals surface area contributed by atoms with Gasteiger partial charge >= 0.3 is 0 Å². The van der Waals surface area contributed by atoms with Crippen molar-refractivity contribution in [3.8, 4) is 0 Å². The van der Waals surface area contributed by atoms with Crippen molar-refractivity contribution in [3.63, 3.8) is 0 Å². The van der Waals surface area contributed by atoms with E-state index >= 15 is 0 Å². The molecule has 20 heavy (non-hydrogen) atoms. The highest BCUT2D eigenvalue weighted by molar-refractivity contribution is 5.75. The molecule has 2 rings (SSSR count). The molecule has 1 heterocycles. The van der Waals surface area contributed by atoms with Crippen molar-refractivity contribution in [1.82, 2.24) is 15.2 Å². The molecule has 2 N–H and O–H groups in total. The Bertz CT molecular complexity index is 439. The summed E-state index contributed by atoms with van der Waals surface area (Å²) in [7, 11) is 2.02. The maximum Gasteiger partial charge on any atom is 0.239 e. The molecule has 1 aromatic heterocycles. The number of amides is 1.